The molecule has 0 radical (unpaired) electrons. The molecule has 0 bridgehead atoms. The Morgan fingerprint density at radius 2 is 1.61 bits per heavy atom. The van der Waals surface area contributed by atoms with E-state index in [0.29, 0.717) is 19.6 Å². The number of nitrogens with one attached hydrogen (secondary N) is 1. The molecule has 1 unspecified atom stereocenters. The Labute approximate surface area is 221 Å². The predicted molar refractivity (Wildman–Crippen MR) is 137 cm³/mol. The van der Waals surface area contributed by atoms with Crippen LogP contribution in [0, 0.1) is 0 Å². The maximum atomic E-state index is 13.5. The summed E-state index contributed by atoms with van der Waals surface area (Å²) in [5.74, 6) is -2.73. The zero-order chi connectivity index (χ0) is 28.3. The van der Waals surface area contributed by atoms with E-state index in [4.69, 9.17) is 9.90 Å². The second-order valence-electron chi connectivity index (χ2n) is 8.86. The second kappa shape index (κ2) is 14.3. The smallest absolute Gasteiger partial charge is 0.475 e. The van der Waals surface area contributed by atoms with Crippen molar-refractivity contribution in [1.29, 1.82) is 0 Å². The lowest BCUT2D eigenvalue weighted by atomic mass is 10.0. The first kappa shape index (κ1) is 31.3. The van der Waals surface area contributed by atoms with Gasteiger partial charge in [-0.15, -0.1) is 0 Å². The molecule has 1 saturated heterocycles. The summed E-state index contributed by atoms with van der Waals surface area (Å²) in [6.07, 6.45) is -4.04. The number of piperazine rings is 1. The molecule has 0 saturated carbocycles. The number of aliphatic carboxylic acids is 1. The van der Waals surface area contributed by atoms with Crippen LogP contribution in [-0.4, -0.2) is 80.1 Å². The minimum absolute atomic E-state index is 0.00963. The average molecular weight is 558 g/mol. The van der Waals surface area contributed by atoms with Crippen LogP contribution in [0.3, 0.4) is 0 Å². The van der Waals surface area contributed by atoms with E-state index in [9.17, 15) is 26.4 Å². The number of rotatable bonds is 9. The number of hydrogen-bond acceptors (Lipinski definition) is 5. The molecule has 38 heavy (non-hydrogen) atoms. The third kappa shape index (κ3) is 9.41. The first-order valence-corrected chi connectivity index (χ1v) is 13.7. The molecule has 2 N–H and O–H groups in total. The van der Waals surface area contributed by atoms with Crippen molar-refractivity contribution >= 4 is 21.9 Å². The number of benzene rings is 2. The highest BCUT2D eigenvalue weighted by atomic mass is 32.2. The fourth-order valence-corrected chi connectivity index (χ4v) is 5.37. The fraction of sp³-hybridized carbons (Fsp3) is 0.462. The molecule has 8 nitrogen and oxygen atoms in total. The molecule has 1 fully saturated rings. The monoisotopic (exact) mass is 557 g/mol. The van der Waals surface area contributed by atoms with E-state index < -0.39 is 22.2 Å². The van der Waals surface area contributed by atoms with Crippen molar-refractivity contribution in [3.8, 4) is 0 Å². The van der Waals surface area contributed by atoms with Crippen LogP contribution < -0.4 is 5.32 Å². The summed E-state index contributed by atoms with van der Waals surface area (Å²) in [6.45, 7) is 7.48. The molecule has 2 aromatic rings. The molecule has 2 aromatic carbocycles. The highest BCUT2D eigenvalue weighted by molar-refractivity contribution is 7.89. The lowest BCUT2D eigenvalue weighted by Gasteiger charge is -2.29. The topological polar surface area (TPSA) is 107 Å². The Kier molecular flexibility index (Phi) is 11.7. The summed E-state index contributed by atoms with van der Waals surface area (Å²) in [5.41, 5.74) is 2.18. The molecular formula is C26H34F3N3O5S. The van der Waals surface area contributed by atoms with Gasteiger partial charge in [-0.1, -0.05) is 56.3 Å². The van der Waals surface area contributed by atoms with Gasteiger partial charge in [-0.05, 0) is 35.6 Å². The van der Waals surface area contributed by atoms with E-state index in [1.807, 2.05) is 61.2 Å². The largest absolute Gasteiger partial charge is 0.490 e. The number of carbonyl (C=O) groups excluding carboxylic acids is 1. The van der Waals surface area contributed by atoms with E-state index in [0.717, 1.165) is 30.6 Å². The van der Waals surface area contributed by atoms with Gasteiger partial charge in [-0.2, -0.15) is 17.5 Å². The number of nitrogens with zero attached hydrogens (tertiary/aromatic N) is 2. The molecule has 210 valence electrons. The summed E-state index contributed by atoms with van der Waals surface area (Å²) in [4.78, 5) is 23.7. The quantitative estimate of drug-likeness (QED) is 0.489. The zero-order valence-corrected chi connectivity index (χ0v) is 22.3. The average Bonchev–Trinajstić information content (AvgIpc) is 2.91. The van der Waals surface area contributed by atoms with Crippen molar-refractivity contribution in [3.63, 3.8) is 0 Å². The van der Waals surface area contributed by atoms with Gasteiger partial charge in [0.15, 0.2) is 0 Å². The fourth-order valence-electron chi connectivity index (χ4n) is 3.84. The minimum atomic E-state index is -5.08. The third-order valence-corrected chi connectivity index (χ3v) is 7.98. The number of carbonyl (C=O) groups is 2. The second-order valence-corrected chi connectivity index (χ2v) is 10.8. The number of sulfonamides is 1. The predicted octanol–water partition coefficient (Wildman–Crippen LogP) is 3.50. The van der Waals surface area contributed by atoms with E-state index in [1.165, 1.54) is 4.31 Å². The number of carboxylic acid groups (broad SMARTS) is 1. The maximum absolute atomic E-state index is 13.5. The number of hydrogen-bond donors (Lipinski definition) is 2. The van der Waals surface area contributed by atoms with Crippen LogP contribution >= 0.6 is 0 Å². The maximum Gasteiger partial charge on any atom is 0.490 e. The van der Waals surface area contributed by atoms with Crippen LogP contribution in [0.2, 0.25) is 0 Å². The van der Waals surface area contributed by atoms with Crippen molar-refractivity contribution in [1.82, 2.24) is 14.5 Å². The van der Waals surface area contributed by atoms with Crippen molar-refractivity contribution in [2.24, 2.45) is 0 Å². The van der Waals surface area contributed by atoms with Crippen molar-refractivity contribution in [3.05, 3.63) is 65.7 Å². The van der Waals surface area contributed by atoms with E-state index in [1.54, 1.807) is 12.1 Å². The van der Waals surface area contributed by atoms with Crippen LogP contribution in [0.4, 0.5) is 13.2 Å². The molecule has 3 rings (SSSR count). The SMILES string of the molecule is CCc1ccc(S(=O)(=O)N(CCC(=O)N2CCNCC2)CC(C)c2ccccc2)cc1.O=C(O)C(F)(F)F. The van der Waals surface area contributed by atoms with Crippen LogP contribution in [0.25, 0.3) is 0 Å². The van der Waals surface area contributed by atoms with Crippen LogP contribution in [-0.2, 0) is 26.0 Å². The summed E-state index contributed by atoms with van der Waals surface area (Å²) in [6, 6.07) is 17.0. The summed E-state index contributed by atoms with van der Waals surface area (Å²) in [7, 11) is -3.71. The molecule has 0 aliphatic carbocycles. The van der Waals surface area contributed by atoms with Gasteiger partial charge in [0.05, 0.1) is 4.90 Å². The highest BCUT2D eigenvalue weighted by Gasteiger charge is 2.38. The Hall–Kier alpha value is -2.96. The van der Waals surface area contributed by atoms with E-state index in [2.05, 4.69) is 5.32 Å². The number of carboxylic acids is 1. The number of halogens is 3. The lowest BCUT2D eigenvalue weighted by molar-refractivity contribution is -0.192. The van der Waals surface area contributed by atoms with Gasteiger partial charge in [-0.3, -0.25) is 4.79 Å². The molecule has 12 heteroatoms. The molecule has 1 aliphatic rings. The molecule has 0 spiro atoms. The number of amides is 1. The van der Waals surface area contributed by atoms with Crippen molar-refractivity contribution in [2.75, 3.05) is 39.3 Å². The number of alkyl halides is 3. The molecular weight excluding hydrogens is 523 g/mol. The first-order valence-electron chi connectivity index (χ1n) is 12.3. The van der Waals surface area contributed by atoms with Crippen molar-refractivity contribution in [2.45, 2.75) is 43.7 Å². The molecule has 0 aromatic heterocycles. The van der Waals surface area contributed by atoms with Gasteiger partial charge in [0, 0.05) is 45.7 Å². The van der Waals surface area contributed by atoms with Crippen LogP contribution in [0.5, 0.6) is 0 Å². The summed E-state index contributed by atoms with van der Waals surface area (Å²) in [5, 5.41) is 10.4. The molecule has 1 atom stereocenters. The Morgan fingerprint density at radius 1 is 1.05 bits per heavy atom. The molecule has 1 amide bonds. The minimum Gasteiger partial charge on any atom is -0.475 e. The van der Waals surface area contributed by atoms with Gasteiger partial charge < -0.3 is 15.3 Å². The van der Waals surface area contributed by atoms with Gasteiger partial charge in [-0.25, -0.2) is 13.2 Å². The van der Waals surface area contributed by atoms with Gasteiger partial charge in [0.1, 0.15) is 0 Å². The Bertz CT molecular complexity index is 1140. The Morgan fingerprint density at radius 3 is 2.11 bits per heavy atom. The highest BCUT2D eigenvalue weighted by Crippen LogP contribution is 2.23. The summed E-state index contributed by atoms with van der Waals surface area (Å²) >= 11 is 0. The normalized spacial score (nSPS) is 14.9. The van der Waals surface area contributed by atoms with E-state index >= 15 is 0 Å². The van der Waals surface area contributed by atoms with E-state index in [-0.39, 0.29) is 29.7 Å². The van der Waals surface area contributed by atoms with Crippen LogP contribution in [0.15, 0.2) is 59.5 Å². The standard InChI is InChI=1S/C24H33N3O3S.C2HF3O2/c1-3-21-9-11-23(12-10-21)31(29,30)27(19-20(2)22-7-5-4-6-8-22)16-13-24(28)26-17-14-25-15-18-26;3-2(4,5)1(6)7/h4-12,20,25H,3,13-19H2,1-2H3;(H,6,7). The molecule has 1 heterocycles. The zero-order valence-electron chi connectivity index (χ0n) is 21.4. The number of aryl methyl sites for hydroxylation is 1. The van der Waals surface area contributed by atoms with Crippen LogP contribution in [0.1, 0.15) is 37.3 Å². The van der Waals surface area contributed by atoms with Gasteiger partial charge >= 0.3 is 12.1 Å². The lowest BCUT2D eigenvalue weighted by Crippen LogP contribution is -2.47. The first-order chi connectivity index (χ1) is 17.9. The van der Waals surface area contributed by atoms with Gasteiger partial charge in [0.2, 0.25) is 15.9 Å². The Balaban J connectivity index is 0.000000638. The molecule has 1 aliphatic heterocycles. The van der Waals surface area contributed by atoms with Crippen molar-refractivity contribution < 1.29 is 36.3 Å². The summed E-state index contributed by atoms with van der Waals surface area (Å²) < 4.78 is 60.2. The van der Waals surface area contributed by atoms with Gasteiger partial charge in [0.25, 0.3) is 0 Å². The third-order valence-electron chi connectivity index (χ3n) is 6.10.